The fourth-order valence-corrected chi connectivity index (χ4v) is 2.77. The molecule has 0 saturated carbocycles. The third-order valence-electron chi connectivity index (χ3n) is 3.47. The van der Waals surface area contributed by atoms with E-state index in [1.165, 1.54) is 5.56 Å². The number of benzene rings is 1. The van der Waals surface area contributed by atoms with Crippen LogP contribution in [-0.4, -0.2) is 25.5 Å². The van der Waals surface area contributed by atoms with Crippen molar-refractivity contribution in [1.82, 2.24) is 5.32 Å². The molecule has 2 rings (SSSR count). The molecule has 1 heterocycles. The van der Waals surface area contributed by atoms with E-state index in [2.05, 4.69) is 17.6 Å². The summed E-state index contributed by atoms with van der Waals surface area (Å²) < 4.78 is 5.33. The molecule has 0 aliphatic carbocycles. The lowest BCUT2D eigenvalue weighted by atomic mass is 10.1. The molecule has 0 fully saturated rings. The molecule has 122 valence electrons. The Morgan fingerprint density at radius 3 is 2.48 bits per heavy atom. The first kappa shape index (κ1) is 17.2. The summed E-state index contributed by atoms with van der Waals surface area (Å²) in [4.78, 5) is 23.8. The van der Waals surface area contributed by atoms with Gasteiger partial charge in [0.1, 0.15) is 6.10 Å². The van der Waals surface area contributed by atoms with Gasteiger partial charge in [-0.05, 0) is 46.5 Å². The number of carbonyl (C=O) groups excluding carboxylic acids is 2. The van der Waals surface area contributed by atoms with Gasteiger partial charge in [0.05, 0.1) is 0 Å². The third kappa shape index (κ3) is 4.91. The van der Waals surface area contributed by atoms with Gasteiger partial charge in [-0.15, -0.1) is 0 Å². The van der Waals surface area contributed by atoms with E-state index in [1.54, 1.807) is 30.6 Å². The summed E-state index contributed by atoms with van der Waals surface area (Å²) in [6, 6.07) is 9.34. The quantitative estimate of drug-likeness (QED) is 0.799. The first-order valence-electron chi connectivity index (χ1n) is 7.37. The van der Waals surface area contributed by atoms with E-state index in [9.17, 15) is 9.59 Å². The van der Waals surface area contributed by atoms with Crippen LogP contribution in [0.3, 0.4) is 0 Å². The number of carbonyl (C=O) groups is 2. The zero-order valence-electron chi connectivity index (χ0n) is 13.2. The molecule has 2 amide bonds. The molecule has 1 unspecified atom stereocenters. The molecule has 5 nitrogen and oxygen atoms in total. The van der Waals surface area contributed by atoms with E-state index in [-0.39, 0.29) is 12.6 Å². The Balaban J connectivity index is 1.85. The van der Waals surface area contributed by atoms with E-state index < -0.39 is 11.8 Å². The molecule has 1 aromatic heterocycles. The first-order chi connectivity index (χ1) is 11.1. The average Bonchev–Trinajstić information content (AvgIpc) is 3.10. The van der Waals surface area contributed by atoms with Crippen LogP contribution in [0.15, 0.2) is 41.1 Å². The van der Waals surface area contributed by atoms with Crippen molar-refractivity contribution in [2.75, 3.05) is 19.0 Å². The Hall–Kier alpha value is -2.18. The van der Waals surface area contributed by atoms with Crippen LogP contribution in [0.4, 0.5) is 5.69 Å². The normalized spacial score (nSPS) is 11.7. The summed E-state index contributed by atoms with van der Waals surface area (Å²) in [7, 11) is 1.57. The predicted molar refractivity (Wildman–Crippen MR) is 91.5 cm³/mol. The predicted octanol–water partition coefficient (Wildman–Crippen LogP) is 2.75. The smallest absolute Gasteiger partial charge is 0.313 e. The van der Waals surface area contributed by atoms with E-state index in [0.717, 1.165) is 12.0 Å². The Labute approximate surface area is 139 Å². The highest BCUT2D eigenvalue weighted by Crippen LogP contribution is 2.18. The van der Waals surface area contributed by atoms with Crippen molar-refractivity contribution in [1.29, 1.82) is 0 Å². The summed E-state index contributed by atoms with van der Waals surface area (Å²) in [6.45, 7) is 2.30. The molecular weight excluding hydrogens is 312 g/mol. The Kier molecular flexibility index (Phi) is 6.31. The molecule has 0 aliphatic rings. The van der Waals surface area contributed by atoms with Gasteiger partial charge in [0.25, 0.3) is 0 Å². The number of rotatable bonds is 6. The fraction of sp³-hybridized carbons (Fsp3) is 0.294. The molecular formula is C17H20N2O3S. The van der Waals surface area contributed by atoms with Crippen molar-refractivity contribution in [2.24, 2.45) is 0 Å². The molecule has 1 aromatic carbocycles. The highest BCUT2D eigenvalue weighted by Gasteiger charge is 2.17. The van der Waals surface area contributed by atoms with E-state index in [1.807, 2.05) is 29.0 Å². The topological polar surface area (TPSA) is 67.4 Å². The molecule has 0 radical (unpaired) electrons. The lowest BCUT2D eigenvalue weighted by Gasteiger charge is -2.14. The van der Waals surface area contributed by atoms with Crippen LogP contribution in [-0.2, 0) is 20.7 Å². The number of anilines is 1. The third-order valence-corrected chi connectivity index (χ3v) is 4.18. The zero-order chi connectivity index (χ0) is 16.7. The van der Waals surface area contributed by atoms with Gasteiger partial charge in [0.2, 0.25) is 0 Å². The maximum Gasteiger partial charge on any atom is 0.313 e. The van der Waals surface area contributed by atoms with Gasteiger partial charge in [-0.25, -0.2) is 0 Å². The second-order valence-corrected chi connectivity index (χ2v) is 5.78. The molecule has 0 bridgehead atoms. The van der Waals surface area contributed by atoms with Gasteiger partial charge >= 0.3 is 11.8 Å². The maximum absolute atomic E-state index is 11.9. The lowest BCUT2D eigenvalue weighted by Crippen LogP contribution is -2.37. The van der Waals surface area contributed by atoms with Gasteiger partial charge in [-0.3, -0.25) is 9.59 Å². The highest BCUT2D eigenvalue weighted by atomic mass is 32.1. The summed E-state index contributed by atoms with van der Waals surface area (Å²) in [6.07, 6.45) is 0.664. The number of hydrogen-bond acceptors (Lipinski definition) is 4. The van der Waals surface area contributed by atoms with Gasteiger partial charge in [-0.1, -0.05) is 19.1 Å². The van der Waals surface area contributed by atoms with Crippen molar-refractivity contribution in [3.63, 3.8) is 0 Å². The highest BCUT2D eigenvalue weighted by molar-refractivity contribution is 7.07. The van der Waals surface area contributed by atoms with Crippen molar-refractivity contribution in [3.8, 4) is 0 Å². The molecule has 0 aliphatic heterocycles. The molecule has 2 aromatic rings. The number of methoxy groups -OCH3 is 1. The van der Waals surface area contributed by atoms with Crippen molar-refractivity contribution < 1.29 is 14.3 Å². The van der Waals surface area contributed by atoms with E-state index in [0.29, 0.717) is 5.69 Å². The Morgan fingerprint density at radius 1 is 1.17 bits per heavy atom. The van der Waals surface area contributed by atoms with E-state index in [4.69, 9.17) is 4.74 Å². The molecule has 2 N–H and O–H groups in total. The van der Waals surface area contributed by atoms with Crippen LogP contribution in [0.5, 0.6) is 0 Å². The van der Waals surface area contributed by atoms with Gasteiger partial charge in [0, 0.05) is 19.3 Å². The minimum atomic E-state index is -0.686. The SMILES string of the molecule is CCc1ccc(NC(=O)C(=O)NCC(OC)c2ccsc2)cc1. The van der Waals surface area contributed by atoms with Crippen molar-refractivity contribution in [3.05, 3.63) is 52.2 Å². The molecule has 0 spiro atoms. The minimum Gasteiger partial charge on any atom is -0.375 e. The number of aryl methyl sites for hydroxylation is 1. The van der Waals surface area contributed by atoms with Gasteiger partial charge < -0.3 is 15.4 Å². The standard InChI is InChI=1S/C17H20N2O3S/c1-3-12-4-6-14(7-5-12)19-17(21)16(20)18-10-15(22-2)13-8-9-23-11-13/h4-9,11,15H,3,10H2,1-2H3,(H,18,20)(H,19,21). The molecule has 6 heteroatoms. The number of hydrogen-bond donors (Lipinski definition) is 2. The Morgan fingerprint density at radius 2 is 1.91 bits per heavy atom. The van der Waals surface area contributed by atoms with Crippen LogP contribution in [0.1, 0.15) is 24.2 Å². The van der Waals surface area contributed by atoms with Crippen molar-refractivity contribution in [2.45, 2.75) is 19.4 Å². The van der Waals surface area contributed by atoms with Gasteiger partial charge in [0.15, 0.2) is 0 Å². The summed E-state index contributed by atoms with van der Waals surface area (Å²) in [5.74, 6) is -1.36. The lowest BCUT2D eigenvalue weighted by molar-refractivity contribution is -0.136. The van der Waals surface area contributed by atoms with Crippen LogP contribution in [0.2, 0.25) is 0 Å². The Bertz CT molecular complexity index is 638. The molecule has 1 atom stereocenters. The second-order valence-electron chi connectivity index (χ2n) is 5.00. The zero-order valence-corrected chi connectivity index (χ0v) is 14.0. The number of amides is 2. The first-order valence-corrected chi connectivity index (χ1v) is 8.31. The van der Waals surface area contributed by atoms with Crippen LogP contribution in [0.25, 0.3) is 0 Å². The summed E-state index contributed by atoms with van der Waals surface area (Å²) in [5, 5.41) is 9.07. The minimum absolute atomic E-state index is 0.244. The average molecular weight is 332 g/mol. The second kappa shape index (κ2) is 8.45. The summed E-state index contributed by atoms with van der Waals surface area (Å²) >= 11 is 1.56. The largest absolute Gasteiger partial charge is 0.375 e. The molecule has 23 heavy (non-hydrogen) atoms. The number of nitrogens with one attached hydrogen (secondary N) is 2. The molecule has 0 saturated heterocycles. The van der Waals surface area contributed by atoms with Crippen LogP contribution in [0, 0.1) is 0 Å². The van der Waals surface area contributed by atoms with E-state index >= 15 is 0 Å². The van der Waals surface area contributed by atoms with Gasteiger partial charge in [-0.2, -0.15) is 11.3 Å². The van der Waals surface area contributed by atoms with Crippen LogP contribution < -0.4 is 10.6 Å². The van der Waals surface area contributed by atoms with Crippen LogP contribution >= 0.6 is 11.3 Å². The number of ether oxygens (including phenoxy) is 1. The van der Waals surface area contributed by atoms with Crippen molar-refractivity contribution >= 4 is 28.8 Å². The summed E-state index contributed by atoms with van der Waals surface area (Å²) in [5.41, 5.74) is 2.75. The maximum atomic E-state index is 11.9. The monoisotopic (exact) mass is 332 g/mol. The number of thiophene rings is 1. The fourth-order valence-electron chi connectivity index (χ4n) is 2.07.